The second kappa shape index (κ2) is 8.51. The Morgan fingerprint density at radius 2 is 2.04 bits per heavy atom. The van der Waals surface area contributed by atoms with Gasteiger partial charge in [-0.15, -0.1) is 16.4 Å². The normalized spacial score (nSPS) is 10.9. The monoisotopic (exact) mass is 386 g/mol. The number of hydrogen-bond acceptors (Lipinski definition) is 5. The number of thioether (sulfide) groups is 1. The maximum atomic E-state index is 12.2. The van der Waals surface area contributed by atoms with Crippen molar-refractivity contribution in [3.63, 3.8) is 0 Å². The molecule has 7 heteroatoms. The van der Waals surface area contributed by atoms with Crippen LogP contribution in [0.25, 0.3) is 10.7 Å². The summed E-state index contributed by atoms with van der Waals surface area (Å²) in [5.74, 6) is 1.65. The van der Waals surface area contributed by atoms with Crippen LogP contribution in [0.2, 0.25) is 0 Å². The van der Waals surface area contributed by atoms with Gasteiger partial charge < -0.3 is 5.32 Å². The van der Waals surface area contributed by atoms with Gasteiger partial charge in [0.15, 0.2) is 5.82 Å². The summed E-state index contributed by atoms with van der Waals surface area (Å²) in [6.45, 7) is 6.12. The number of hydrogen-bond donors (Lipinski definition) is 2. The minimum absolute atomic E-state index is 0.0508. The van der Waals surface area contributed by atoms with E-state index >= 15 is 0 Å². The summed E-state index contributed by atoms with van der Waals surface area (Å²) in [4.78, 5) is 17.8. The first kappa shape index (κ1) is 18.7. The highest BCUT2D eigenvalue weighted by Gasteiger charge is 2.10. The molecule has 3 aromatic rings. The molecule has 0 aliphatic rings. The lowest BCUT2D eigenvalue weighted by atomic mass is 10.0. The smallest absolute Gasteiger partial charge is 0.224 e. The Labute approximate surface area is 161 Å². The highest BCUT2D eigenvalue weighted by atomic mass is 32.2. The fourth-order valence-corrected chi connectivity index (χ4v) is 4.21. The number of H-pyrrole nitrogens is 1. The van der Waals surface area contributed by atoms with Gasteiger partial charge >= 0.3 is 0 Å². The predicted molar refractivity (Wildman–Crippen MR) is 109 cm³/mol. The van der Waals surface area contributed by atoms with Crippen molar-refractivity contribution < 1.29 is 4.79 Å². The van der Waals surface area contributed by atoms with E-state index in [-0.39, 0.29) is 5.91 Å². The van der Waals surface area contributed by atoms with Crippen molar-refractivity contribution in [1.82, 2.24) is 15.2 Å². The van der Waals surface area contributed by atoms with Crippen LogP contribution >= 0.6 is 23.1 Å². The first-order chi connectivity index (χ1) is 12.5. The van der Waals surface area contributed by atoms with E-state index in [2.05, 4.69) is 39.6 Å². The molecule has 0 fully saturated rings. The lowest BCUT2D eigenvalue weighted by Gasteiger charge is -2.12. The van der Waals surface area contributed by atoms with Crippen molar-refractivity contribution in [2.45, 2.75) is 38.8 Å². The molecule has 1 aromatic carbocycles. The molecular weight excluding hydrogens is 364 g/mol. The third-order valence-corrected chi connectivity index (χ3v) is 5.75. The average molecular weight is 387 g/mol. The zero-order valence-corrected chi connectivity index (χ0v) is 16.8. The molecule has 0 saturated heterocycles. The molecule has 26 heavy (non-hydrogen) atoms. The lowest BCUT2D eigenvalue weighted by molar-refractivity contribution is -0.116. The number of anilines is 1. The first-order valence-corrected chi connectivity index (χ1v) is 10.4. The molecule has 1 amide bonds. The van der Waals surface area contributed by atoms with E-state index in [0.29, 0.717) is 6.42 Å². The molecule has 136 valence electrons. The molecule has 3 rings (SSSR count). The summed E-state index contributed by atoms with van der Waals surface area (Å²) < 4.78 is 0. The number of aryl methyl sites for hydroxylation is 3. The van der Waals surface area contributed by atoms with E-state index in [1.165, 1.54) is 5.56 Å². The minimum atomic E-state index is 0.0508. The number of nitrogens with zero attached hydrogens (tertiary/aromatic N) is 2. The van der Waals surface area contributed by atoms with Gasteiger partial charge in [0.1, 0.15) is 0 Å². The number of aromatic nitrogens is 3. The molecule has 2 heterocycles. The Kier molecular flexibility index (Phi) is 6.11. The summed E-state index contributed by atoms with van der Waals surface area (Å²) in [6, 6.07) is 8.18. The third kappa shape index (κ3) is 4.74. The number of rotatable bonds is 7. The molecule has 0 aliphatic carbocycles. The zero-order chi connectivity index (χ0) is 18.5. The maximum Gasteiger partial charge on any atom is 0.224 e. The van der Waals surface area contributed by atoms with Crippen molar-refractivity contribution in [2.75, 3.05) is 11.1 Å². The summed E-state index contributed by atoms with van der Waals surface area (Å²) in [6.07, 6.45) is 1.27. The molecular formula is C19H22N4OS2. The van der Waals surface area contributed by atoms with Crippen LogP contribution in [0, 0.1) is 20.8 Å². The largest absolute Gasteiger partial charge is 0.326 e. The van der Waals surface area contributed by atoms with Crippen LogP contribution in [0.5, 0.6) is 0 Å². The molecule has 0 saturated carbocycles. The van der Waals surface area contributed by atoms with Crippen molar-refractivity contribution in [1.29, 1.82) is 0 Å². The van der Waals surface area contributed by atoms with Gasteiger partial charge in [0.2, 0.25) is 11.1 Å². The van der Waals surface area contributed by atoms with Crippen molar-refractivity contribution >= 4 is 34.7 Å². The second-order valence-corrected chi connectivity index (χ2v) is 8.23. The highest BCUT2D eigenvalue weighted by Crippen LogP contribution is 2.24. The van der Waals surface area contributed by atoms with Gasteiger partial charge in [0, 0.05) is 17.9 Å². The van der Waals surface area contributed by atoms with Gasteiger partial charge in [-0.05, 0) is 49.8 Å². The van der Waals surface area contributed by atoms with Crippen LogP contribution in [0.15, 0.2) is 34.8 Å². The van der Waals surface area contributed by atoms with Gasteiger partial charge in [0.25, 0.3) is 0 Å². The SMILES string of the molecule is Cc1cc(C)c(NC(=O)CCCSc2n[nH]c(-c3cccs3)n2)c(C)c1. The van der Waals surface area contributed by atoms with Crippen molar-refractivity contribution in [3.8, 4) is 10.7 Å². The van der Waals surface area contributed by atoms with Crippen molar-refractivity contribution in [2.24, 2.45) is 0 Å². The Balaban J connectivity index is 1.45. The van der Waals surface area contributed by atoms with Crippen LogP contribution in [0.1, 0.15) is 29.5 Å². The molecule has 0 radical (unpaired) electrons. The third-order valence-electron chi connectivity index (χ3n) is 3.94. The van der Waals surface area contributed by atoms with E-state index < -0.39 is 0 Å². The van der Waals surface area contributed by atoms with Gasteiger partial charge in [-0.1, -0.05) is 35.5 Å². The van der Waals surface area contributed by atoms with Gasteiger partial charge in [0.05, 0.1) is 4.88 Å². The Morgan fingerprint density at radius 1 is 1.27 bits per heavy atom. The standard InChI is InChI=1S/C19H22N4OS2/c1-12-10-13(2)17(14(3)11-12)20-16(24)7-5-9-26-19-21-18(22-23-19)15-6-4-8-25-15/h4,6,8,10-11H,5,7,9H2,1-3H3,(H,20,24)(H,21,22,23). The van der Waals surface area contributed by atoms with E-state index in [9.17, 15) is 4.79 Å². The summed E-state index contributed by atoms with van der Waals surface area (Å²) in [5, 5.41) is 13.0. The number of carbonyl (C=O) groups excluding carboxylic acids is 1. The number of nitrogens with one attached hydrogen (secondary N) is 2. The number of amides is 1. The van der Waals surface area contributed by atoms with Gasteiger partial charge in [-0.25, -0.2) is 4.98 Å². The Hall–Kier alpha value is -2.12. The lowest BCUT2D eigenvalue weighted by Crippen LogP contribution is -2.13. The Morgan fingerprint density at radius 3 is 2.73 bits per heavy atom. The molecule has 0 spiro atoms. The van der Waals surface area contributed by atoms with Crippen LogP contribution < -0.4 is 5.32 Å². The van der Waals surface area contributed by atoms with Crippen LogP contribution in [0.3, 0.4) is 0 Å². The number of benzene rings is 1. The van der Waals surface area contributed by atoms with Crippen LogP contribution in [-0.2, 0) is 4.79 Å². The van der Waals surface area contributed by atoms with E-state index in [4.69, 9.17) is 0 Å². The molecule has 0 atom stereocenters. The van der Waals surface area contributed by atoms with E-state index in [0.717, 1.165) is 44.8 Å². The molecule has 0 aliphatic heterocycles. The fraction of sp³-hybridized carbons (Fsp3) is 0.316. The predicted octanol–water partition coefficient (Wildman–Crippen LogP) is 4.97. The summed E-state index contributed by atoms with van der Waals surface area (Å²) in [7, 11) is 0. The number of carbonyl (C=O) groups is 1. The van der Waals surface area contributed by atoms with Gasteiger partial charge in [-0.3, -0.25) is 9.89 Å². The first-order valence-electron chi connectivity index (χ1n) is 8.49. The topological polar surface area (TPSA) is 70.7 Å². The molecule has 0 unspecified atom stereocenters. The van der Waals surface area contributed by atoms with Crippen LogP contribution in [0.4, 0.5) is 5.69 Å². The van der Waals surface area contributed by atoms with Gasteiger partial charge in [-0.2, -0.15) is 0 Å². The Bertz CT molecular complexity index is 864. The number of thiophene rings is 1. The van der Waals surface area contributed by atoms with Crippen molar-refractivity contribution in [3.05, 3.63) is 46.3 Å². The second-order valence-electron chi connectivity index (χ2n) is 6.22. The van der Waals surface area contributed by atoms with E-state index in [1.807, 2.05) is 31.4 Å². The highest BCUT2D eigenvalue weighted by molar-refractivity contribution is 7.99. The molecule has 2 aromatic heterocycles. The van der Waals surface area contributed by atoms with E-state index in [1.54, 1.807) is 23.1 Å². The summed E-state index contributed by atoms with van der Waals surface area (Å²) in [5.41, 5.74) is 4.35. The number of aromatic amines is 1. The molecule has 0 bridgehead atoms. The molecule has 5 nitrogen and oxygen atoms in total. The summed E-state index contributed by atoms with van der Waals surface area (Å²) >= 11 is 3.20. The minimum Gasteiger partial charge on any atom is -0.326 e. The maximum absolute atomic E-state index is 12.2. The quantitative estimate of drug-likeness (QED) is 0.444. The molecule has 2 N–H and O–H groups in total. The van der Waals surface area contributed by atoms with Crippen LogP contribution in [-0.4, -0.2) is 26.8 Å². The zero-order valence-electron chi connectivity index (χ0n) is 15.1. The fourth-order valence-electron chi connectivity index (χ4n) is 2.81. The average Bonchev–Trinajstić information content (AvgIpc) is 3.26.